The van der Waals surface area contributed by atoms with Gasteiger partial charge in [0.25, 0.3) is 0 Å². The lowest BCUT2D eigenvalue weighted by atomic mass is 9.83. The first-order valence-corrected chi connectivity index (χ1v) is 9.43. The van der Waals surface area contributed by atoms with Gasteiger partial charge in [0.1, 0.15) is 22.6 Å². The summed E-state index contributed by atoms with van der Waals surface area (Å²) in [6, 6.07) is 9.51. The largest absolute Gasteiger partial charge is 0.463 e. The number of nitriles is 1. The molecule has 0 saturated heterocycles. The van der Waals surface area contributed by atoms with E-state index in [0.717, 1.165) is 16.5 Å². The van der Waals surface area contributed by atoms with Crippen molar-refractivity contribution in [1.82, 2.24) is 4.98 Å². The smallest absolute Gasteiger partial charge is 0.338 e. The number of carbonyl (C=O) groups is 1. The molecule has 2 N–H and O–H groups in total. The zero-order valence-corrected chi connectivity index (χ0v) is 16.8. The molecule has 28 heavy (non-hydrogen) atoms. The van der Waals surface area contributed by atoms with E-state index in [9.17, 15) is 10.1 Å². The molecule has 2 heterocycles. The normalized spacial score (nSPS) is 16.8. The number of allylic oxidation sites excluding steroid dienone is 2. The molecule has 0 saturated carbocycles. The van der Waals surface area contributed by atoms with E-state index in [-0.39, 0.29) is 40.4 Å². The second kappa shape index (κ2) is 8.09. The maximum Gasteiger partial charge on any atom is 0.338 e. The summed E-state index contributed by atoms with van der Waals surface area (Å²) in [5, 5.41) is 10.7. The SMILES string of the molecule is CCOC(=O)C1=C(CCl)OC(N)=C(C#N)[C@H]1c1cc2cccc(C)c2nc1Cl. The molecule has 0 radical (unpaired) electrons. The van der Waals surface area contributed by atoms with E-state index in [2.05, 4.69) is 4.98 Å². The number of benzene rings is 1. The highest BCUT2D eigenvalue weighted by Crippen LogP contribution is 2.43. The number of aryl methyl sites for hydroxylation is 1. The minimum absolute atomic E-state index is 0.0487. The molecular formula is C20H17Cl2N3O3. The standard InChI is InChI=1S/C20H17Cl2N3O3/c1-3-27-20(26)16-14(8-21)28-19(24)13(9-23)15(16)12-7-11-6-4-5-10(2)17(11)25-18(12)22/h4-7,15H,3,8,24H2,1-2H3/t15-/m1/s1. The molecule has 8 heteroatoms. The van der Waals surface area contributed by atoms with E-state index in [1.165, 1.54) is 0 Å². The zero-order chi connectivity index (χ0) is 20.4. The van der Waals surface area contributed by atoms with Crippen LogP contribution in [0.2, 0.25) is 5.15 Å². The van der Waals surface area contributed by atoms with Gasteiger partial charge in [-0.1, -0.05) is 29.8 Å². The molecule has 1 aliphatic heterocycles. The monoisotopic (exact) mass is 417 g/mol. The van der Waals surface area contributed by atoms with Crippen molar-refractivity contribution < 1.29 is 14.3 Å². The minimum atomic E-state index is -0.892. The second-order valence-electron chi connectivity index (χ2n) is 6.13. The first-order valence-electron chi connectivity index (χ1n) is 8.52. The number of pyridine rings is 1. The fraction of sp³-hybridized carbons (Fsp3) is 0.250. The Morgan fingerprint density at radius 1 is 1.46 bits per heavy atom. The van der Waals surface area contributed by atoms with Crippen molar-refractivity contribution in [3.05, 3.63) is 63.3 Å². The van der Waals surface area contributed by atoms with Gasteiger partial charge in [-0.05, 0) is 25.5 Å². The van der Waals surface area contributed by atoms with Crippen LogP contribution >= 0.6 is 23.2 Å². The van der Waals surface area contributed by atoms with E-state index >= 15 is 0 Å². The van der Waals surface area contributed by atoms with E-state index < -0.39 is 11.9 Å². The van der Waals surface area contributed by atoms with Gasteiger partial charge in [0.2, 0.25) is 5.88 Å². The maximum atomic E-state index is 12.7. The molecule has 0 bridgehead atoms. The Balaban J connectivity index is 2.30. The average Bonchev–Trinajstić information content (AvgIpc) is 2.67. The number of rotatable bonds is 4. The molecule has 1 atom stereocenters. The summed E-state index contributed by atoms with van der Waals surface area (Å²) >= 11 is 12.5. The van der Waals surface area contributed by atoms with Crippen LogP contribution in [-0.4, -0.2) is 23.4 Å². The van der Waals surface area contributed by atoms with Crippen LogP contribution < -0.4 is 5.73 Å². The highest BCUT2D eigenvalue weighted by Gasteiger charge is 2.38. The summed E-state index contributed by atoms with van der Waals surface area (Å²) in [5.41, 5.74) is 8.22. The van der Waals surface area contributed by atoms with Gasteiger partial charge in [0.05, 0.1) is 29.5 Å². The third-order valence-corrected chi connectivity index (χ3v) is 5.00. The topological polar surface area (TPSA) is 98.2 Å². The number of aromatic nitrogens is 1. The number of hydrogen-bond donors (Lipinski definition) is 1. The van der Waals surface area contributed by atoms with Crippen LogP contribution in [0.3, 0.4) is 0 Å². The Hall–Kier alpha value is -2.75. The van der Waals surface area contributed by atoms with Crippen LogP contribution in [0, 0.1) is 18.3 Å². The Morgan fingerprint density at radius 2 is 2.21 bits per heavy atom. The predicted octanol–water partition coefficient (Wildman–Crippen LogP) is 4.06. The van der Waals surface area contributed by atoms with Gasteiger partial charge in [-0.3, -0.25) is 0 Å². The molecule has 1 aromatic heterocycles. The quantitative estimate of drug-likeness (QED) is 0.457. The van der Waals surface area contributed by atoms with Crippen molar-refractivity contribution in [2.75, 3.05) is 12.5 Å². The number of ether oxygens (including phenoxy) is 2. The molecule has 0 amide bonds. The summed E-state index contributed by atoms with van der Waals surface area (Å²) in [6.07, 6.45) is 0. The first-order chi connectivity index (χ1) is 13.4. The molecule has 0 fully saturated rings. The number of alkyl halides is 1. The van der Waals surface area contributed by atoms with Gasteiger partial charge in [-0.2, -0.15) is 5.26 Å². The van der Waals surface area contributed by atoms with Crippen LogP contribution in [0.5, 0.6) is 0 Å². The van der Waals surface area contributed by atoms with E-state index in [4.69, 9.17) is 38.4 Å². The van der Waals surface area contributed by atoms with Gasteiger partial charge < -0.3 is 15.2 Å². The second-order valence-corrected chi connectivity index (χ2v) is 6.76. The van der Waals surface area contributed by atoms with Crippen LogP contribution in [0.15, 0.2) is 47.1 Å². The van der Waals surface area contributed by atoms with E-state index in [0.29, 0.717) is 5.56 Å². The Bertz CT molecular complexity index is 1070. The molecule has 2 aromatic rings. The van der Waals surface area contributed by atoms with Crippen LogP contribution in [-0.2, 0) is 14.3 Å². The molecule has 0 unspecified atom stereocenters. The zero-order valence-electron chi connectivity index (χ0n) is 15.3. The number of halogens is 2. The van der Waals surface area contributed by atoms with Gasteiger partial charge in [-0.25, -0.2) is 9.78 Å². The number of nitrogens with zero attached hydrogens (tertiary/aromatic N) is 2. The molecule has 1 aromatic carbocycles. The number of nitrogens with two attached hydrogens (primary N) is 1. The number of esters is 1. The summed E-state index contributed by atoms with van der Waals surface area (Å²) in [7, 11) is 0. The fourth-order valence-corrected chi connectivity index (χ4v) is 3.65. The molecular weight excluding hydrogens is 401 g/mol. The van der Waals surface area contributed by atoms with Crippen LogP contribution in [0.4, 0.5) is 0 Å². The van der Waals surface area contributed by atoms with E-state index in [1.54, 1.807) is 13.0 Å². The number of carbonyl (C=O) groups excluding carboxylic acids is 1. The Kier molecular flexibility index (Phi) is 5.78. The highest BCUT2D eigenvalue weighted by atomic mass is 35.5. The number of fused-ring (bicyclic) bond motifs is 1. The first kappa shape index (κ1) is 20.0. The lowest BCUT2D eigenvalue weighted by molar-refractivity contribution is -0.139. The molecule has 1 aliphatic rings. The molecule has 0 spiro atoms. The van der Waals surface area contributed by atoms with Crippen molar-refractivity contribution in [2.45, 2.75) is 19.8 Å². The van der Waals surface area contributed by atoms with Gasteiger partial charge in [-0.15, -0.1) is 11.6 Å². The third-order valence-electron chi connectivity index (χ3n) is 4.45. The number of hydrogen-bond acceptors (Lipinski definition) is 6. The lowest BCUT2D eigenvalue weighted by Crippen LogP contribution is -2.27. The van der Waals surface area contributed by atoms with Crippen molar-refractivity contribution in [3.63, 3.8) is 0 Å². The summed E-state index contributed by atoms with van der Waals surface area (Å²) < 4.78 is 10.6. The van der Waals surface area contributed by atoms with Crippen molar-refractivity contribution in [3.8, 4) is 6.07 Å². The number of para-hydroxylation sites is 1. The molecule has 6 nitrogen and oxygen atoms in total. The lowest BCUT2D eigenvalue weighted by Gasteiger charge is -2.28. The van der Waals surface area contributed by atoms with E-state index in [1.807, 2.05) is 31.2 Å². The predicted molar refractivity (Wildman–Crippen MR) is 107 cm³/mol. The maximum absolute atomic E-state index is 12.7. The molecule has 3 rings (SSSR count). The minimum Gasteiger partial charge on any atom is -0.463 e. The average molecular weight is 418 g/mol. The van der Waals surface area contributed by atoms with Gasteiger partial charge in [0, 0.05) is 10.9 Å². The van der Waals surface area contributed by atoms with Crippen molar-refractivity contribution in [2.24, 2.45) is 5.73 Å². The van der Waals surface area contributed by atoms with Gasteiger partial charge in [0.15, 0.2) is 0 Å². The van der Waals surface area contributed by atoms with Crippen LogP contribution in [0.25, 0.3) is 10.9 Å². The third kappa shape index (κ3) is 3.39. The van der Waals surface area contributed by atoms with Gasteiger partial charge >= 0.3 is 5.97 Å². The highest BCUT2D eigenvalue weighted by molar-refractivity contribution is 6.31. The fourth-order valence-electron chi connectivity index (χ4n) is 3.20. The molecule has 0 aliphatic carbocycles. The van der Waals surface area contributed by atoms with Crippen LogP contribution in [0.1, 0.15) is 24.0 Å². The summed E-state index contributed by atoms with van der Waals surface area (Å²) in [5.74, 6) is -1.67. The van der Waals surface area contributed by atoms with Crippen molar-refractivity contribution >= 4 is 40.1 Å². The summed E-state index contributed by atoms with van der Waals surface area (Å²) in [6.45, 7) is 3.75. The Morgan fingerprint density at radius 3 is 2.86 bits per heavy atom. The molecule has 144 valence electrons. The van der Waals surface area contributed by atoms with Crippen molar-refractivity contribution in [1.29, 1.82) is 5.26 Å². The summed E-state index contributed by atoms with van der Waals surface area (Å²) in [4.78, 5) is 17.2. The Labute approximate surface area is 172 Å².